The fourth-order valence-corrected chi connectivity index (χ4v) is 2.93. The van der Waals surface area contributed by atoms with Gasteiger partial charge in [-0.1, -0.05) is 0 Å². The van der Waals surface area contributed by atoms with Crippen LogP contribution in [0.1, 0.15) is 42.0 Å². The third kappa shape index (κ3) is 3.43. The highest BCUT2D eigenvalue weighted by molar-refractivity contribution is 5.91. The minimum Gasteiger partial charge on any atom is -0.455 e. The molecule has 21 heavy (non-hydrogen) atoms. The monoisotopic (exact) mass is 298 g/mol. The van der Waals surface area contributed by atoms with Gasteiger partial charge >= 0.3 is 0 Å². The van der Waals surface area contributed by atoms with Crippen molar-refractivity contribution >= 4 is 5.91 Å². The molecule has 0 unspecified atom stereocenters. The van der Waals surface area contributed by atoms with E-state index in [1.54, 1.807) is 6.07 Å². The maximum Gasteiger partial charge on any atom is 0.289 e. The quantitative estimate of drug-likeness (QED) is 0.861. The molecule has 6 heteroatoms. The largest absolute Gasteiger partial charge is 0.455 e. The smallest absolute Gasteiger partial charge is 0.289 e. The maximum absolute atomic E-state index is 13.1. The van der Waals surface area contributed by atoms with Gasteiger partial charge in [-0.15, -0.1) is 0 Å². The Bertz CT molecular complexity index is 500. The topological polar surface area (TPSA) is 36.7 Å². The Kier molecular flexibility index (Phi) is 3.97. The number of rotatable bonds is 3. The first kappa shape index (κ1) is 14.5. The number of halogens is 2. The number of alkyl halides is 2. The van der Waals surface area contributed by atoms with Gasteiger partial charge in [0, 0.05) is 25.9 Å². The van der Waals surface area contributed by atoms with Crippen LogP contribution in [0.5, 0.6) is 0 Å². The van der Waals surface area contributed by atoms with Crippen molar-refractivity contribution in [3.63, 3.8) is 0 Å². The zero-order chi connectivity index (χ0) is 14.9. The Balaban J connectivity index is 1.59. The van der Waals surface area contributed by atoms with E-state index >= 15 is 0 Å². The third-order valence-electron chi connectivity index (χ3n) is 4.23. The summed E-state index contributed by atoms with van der Waals surface area (Å²) in [5.41, 5.74) is 0. The van der Waals surface area contributed by atoms with Gasteiger partial charge in [-0.05, 0) is 38.1 Å². The molecule has 0 bridgehead atoms. The van der Waals surface area contributed by atoms with Gasteiger partial charge in [0.2, 0.25) is 0 Å². The van der Waals surface area contributed by atoms with E-state index in [2.05, 4.69) is 4.90 Å². The van der Waals surface area contributed by atoms with Crippen molar-refractivity contribution < 1.29 is 18.0 Å². The van der Waals surface area contributed by atoms with Crippen molar-refractivity contribution in [3.8, 4) is 0 Å². The molecule has 2 aliphatic rings. The van der Waals surface area contributed by atoms with Crippen LogP contribution in [0, 0.1) is 0 Å². The van der Waals surface area contributed by atoms with E-state index in [1.165, 1.54) is 17.7 Å². The van der Waals surface area contributed by atoms with E-state index in [0.717, 1.165) is 18.8 Å². The van der Waals surface area contributed by atoms with Gasteiger partial charge in [0.15, 0.2) is 5.76 Å². The molecule has 1 amide bonds. The van der Waals surface area contributed by atoms with Gasteiger partial charge in [0.05, 0.1) is 6.54 Å². The van der Waals surface area contributed by atoms with E-state index < -0.39 is 5.92 Å². The molecule has 3 heterocycles. The van der Waals surface area contributed by atoms with Crippen LogP contribution in [0.3, 0.4) is 0 Å². The molecule has 1 aromatic rings. The molecule has 3 rings (SSSR count). The number of nitrogens with zero attached hydrogens (tertiary/aromatic N) is 2. The molecule has 4 nitrogen and oxygen atoms in total. The molecular formula is C15H20F2N2O2. The summed E-state index contributed by atoms with van der Waals surface area (Å²) in [7, 11) is 0. The van der Waals surface area contributed by atoms with Crippen LogP contribution < -0.4 is 0 Å². The summed E-state index contributed by atoms with van der Waals surface area (Å²) in [6.45, 7) is 3.02. The summed E-state index contributed by atoms with van der Waals surface area (Å²) in [6, 6.07) is 3.46. The molecule has 0 aromatic carbocycles. The third-order valence-corrected chi connectivity index (χ3v) is 4.23. The average Bonchev–Trinajstić information content (AvgIpc) is 3.10. The number of furan rings is 1. The lowest BCUT2D eigenvalue weighted by atomic mass is 10.1. The Morgan fingerprint density at radius 2 is 1.81 bits per heavy atom. The maximum atomic E-state index is 13.1. The van der Waals surface area contributed by atoms with Crippen LogP contribution in [0.4, 0.5) is 8.78 Å². The molecule has 1 aromatic heterocycles. The molecule has 0 aliphatic carbocycles. The highest BCUT2D eigenvalue weighted by atomic mass is 19.3. The van der Waals surface area contributed by atoms with Gasteiger partial charge in [-0.3, -0.25) is 9.69 Å². The highest BCUT2D eigenvalue weighted by Gasteiger charge is 2.36. The molecular weight excluding hydrogens is 278 g/mol. The predicted molar refractivity (Wildman–Crippen MR) is 73.3 cm³/mol. The first-order valence-corrected chi connectivity index (χ1v) is 7.52. The van der Waals surface area contributed by atoms with E-state index in [0.29, 0.717) is 6.54 Å². The van der Waals surface area contributed by atoms with Crippen molar-refractivity contribution in [2.75, 3.05) is 26.2 Å². The summed E-state index contributed by atoms with van der Waals surface area (Å²) >= 11 is 0. The molecule has 2 fully saturated rings. The standard InChI is InChI=1S/C15H20F2N2O2/c16-15(17)5-9-19(10-6-15)14(20)13-4-3-12(21-13)11-18-7-1-2-8-18/h3-4H,1-2,5-11H2. The Morgan fingerprint density at radius 3 is 2.48 bits per heavy atom. The second-order valence-electron chi connectivity index (χ2n) is 5.90. The first-order chi connectivity index (χ1) is 10.0. The van der Waals surface area contributed by atoms with Gasteiger partial charge in [0.25, 0.3) is 11.8 Å². The van der Waals surface area contributed by atoms with Crippen molar-refractivity contribution in [2.45, 2.75) is 38.2 Å². The zero-order valence-electron chi connectivity index (χ0n) is 12.0. The predicted octanol–water partition coefficient (Wildman–Crippen LogP) is 2.75. The summed E-state index contributed by atoms with van der Waals surface area (Å²) in [4.78, 5) is 16.0. The van der Waals surface area contributed by atoms with Crippen molar-refractivity contribution in [1.82, 2.24) is 9.80 Å². The first-order valence-electron chi connectivity index (χ1n) is 7.52. The molecule has 0 atom stereocenters. The van der Waals surface area contributed by atoms with Gasteiger partial charge in [-0.25, -0.2) is 8.78 Å². The number of amides is 1. The molecule has 0 spiro atoms. The van der Waals surface area contributed by atoms with Gasteiger partial charge < -0.3 is 9.32 Å². The van der Waals surface area contributed by atoms with Crippen molar-refractivity contribution in [3.05, 3.63) is 23.7 Å². The Morgan fingerprint density at radius 1 is 1.14 bits per heavy atom. The van der Waals surface area contributed by atoms with E-state index in [1.807, 2.05) is 6.07 Å². The van der Waals surface area contributed by atoms with E-state index in [9.17, 15) is 13.6 Å². The normalized spacial score (nSPS) is 22.7. The fourth-order valence-electron chi connectivity index (χ4n) is 2.93. The van der Waals surface area contributed by atoms with Crippen LogP contribution in [0.25, 0.3) is 0 Å². The lowest BCUT2D eigenvalue weighted by molar-refractivity contribution is -0.0498. The SMILES string of the molecule is O=C(c1ccc(CN2CCCC2)o1)N1CCC(F)(F)CC1. The van der Waals surface area contributed by atoms with Gasteiger partial charge in [0.1, 0.15) is 5.76 Å². The molecule has 0 N–H and O–H groups in total. The number of hydrogen-bond acceptors (Lipinski definition) is 3. The summed E-state index contributed by atoms with van der Waals surface area (Å²) in [6.07, 6.45) is 1.88. The zero-order valence-corrected chi connectivity index (χ0v) is 12.0. The lowest BCUT2D eigenvalue weighted by Crippen LogP contribution is -2.42. The van der Waals surface area contributed by atoms with Crippen LogP contribution >= 0.6 is 0 Å². The lowest BCUT2D eigenvalue weighted by Gasteiger charge is -2.31. The second kappa shape index (κ2) is 5.75. The van der Waals surface area contributed by atoms with E-state index in [-0.39, 0.29) is 37.6 Å². The van der Waals surface area contributed by atoms with Crippen LogP contribution in [-0.2, 0) is 6.54 Å². The minimum absolute atomic E-state index is 0.0913. The number of carbonyl (C=O) groups is 1. The van der Waals surface area contributed by atoms with Crippen molar-refractivity contribution in [1.29, 1.82) is 0 Å². The summed E-state index contributed by atoms with van der Waals surface area (Å²) in [5, 5.41) is 0. The summed E-state index contributed by atoms with van der Waals surface area (Å²) < 4.78 is 31.8. The van der Waals surface area contributed by atoms with E-state index in [4.69, 9.17) is 4.42 Å². The Labute approximate surface area is 122 Å². The molecule has 2 aliphatic heterocycles. The second-order valence-corrected chi connectivity index (χ2v) is 5.90. The number of piperidine rings is 1. The average molecular weight is 298 g/mol. The van der Waals surface area contributed by atoms with Crippen LogP contribution in [-0.4, -0.2) is 47.8 Å². The minimum atomic E-state index is -2.64. The molecule has 2 saturated heterocycles. The van der Waals surface area contributed by atoms with Crippen LogP contribution in [0.15, 0.2) is 16.5 Å². The number of carbonyl (C=O) groups excluding carboxylic acids is 1. The number of hydrogen-bond donors (Lipinski definition) is 0. The molecule has 0 radical (unpaired) electrons. The van der Waals surface area contributed by atoms with Crippen molar-refractivity contribution in [2.24, 2.45) is 0 Å². The molecule has 116 valence electrons. The number of likely N-dealkylation sites (tertiary alicyclic amines) is 2. The van der Waals surface area contributed by atoms with Crippen LogP contribution in [0.2, 0.25) is 0 Å². The van der Waals surface area contributed by atoms with Gasteiger partial charge in [-0.2, -0.15) is 0 Å². The highest BCUT2D eigenvalue weighted by Crippen LogP contribution is 2.28. The summed E-state index contributed by atoms with van der Waals surface area (Å²) in [5.74, 6) is -1.89. The Hall–Kier alpha value is -1.43. The molecule has 0 saturated carbocycles. The fraction of sp³-hybridized carbons (Fsp3) is 0.667.